The Kier molecular flexibility index (Phi) is 3.95. The van der Waals surface area contributed by atoms with Gasteiger partial charge in [-0.15, -0.1) is 0 Å². The Labute approximate surface area is 165 Å². The minimum Gasteiger partial charge on any atom is -0.316 e. The van der Waals surface area contributed by atoms with Gasteiger partial charge in [-0.1, -0.05) is 23.7 Å². The first-order chi connectivity index (χ1) is 13.7. The third kappa shape index (κ3) is 2.95. The molecule has 2 aromatic carbocycles. The SMILES string of the molecule is O=C1Nc2cc3[nH]nc(-c4ccnnc4)c3cc2CN1Cc1cccc(Cl)c1. The summed E-state index contributed by atoms with van der Waals surface area (Å²) in [5.41, 5.74) is 5.36. The van der Waals surface area contributed by atoms with Gasteiger partial charge in [0.15, 0.2) is 0 Å². The van der Waals surface area contributed by atoms with E-state index in [1.165, 1.54) is 0 Å². The van der Waals surface area contributed by atoms with E-state index in [0.717, 1.165) is 39.0 Å². The normalized spacial score (nSPS) is 13.5. The summed E-state index contributed by atoms with van der Waals surface area (Å²) in [5, 5.41) is 19.8. The monoisotopic (exact) mass is 390 g/mol. The van der Waals surface area contributed by atoms with E-state index in [-0.39, 0.29) is 6.03 Å². The van der Waals surface area contributed by atoms with Crippen LogP contribution in [0.1, 0.15) is 11.1 Å². The molecule has 1 aliphatic heterocycles. The number of fused-ring (bicyclic) bond motifs is 2. The lowest BCUT2D eigenvalue weighted by molar-refractivity contribution is 0.204. The summed E-state index contributed by atoms with van der Waals surface area (Å²) < 4.78 is 0. The molecule has 0 atom stereocenters. The first-order valence-corrected chi connectivity index (χ1v) is 9.13. The van der Waals surface area contributed by atoms with Crippen LogP contribution in [0.3, 0.4) is 0 Å². The highest BCUT2D eigenvalue weighted by Crippen LogP contribution is 2.33. The van der Waals surface area contributed by atoms with Crippen LogP contribution in [0.2, 0.25) is 5.02 Å². The second-order valence-corrected chi connectivity index (χ2v) is 7.11. The lowest BCUT2D eigenvalue weighted by atomic mass is 10.0. The predicted molar refractivity (Wildman–Crippen MR) is 107 cm³/mol. The molecule has 2 aromatic heterocycles. The van der Waals surface area contributed by atoms with Crippen LogP contribution in [0.15, 0.2) is 54.9 Å². The first-order valence-electron chi connectivity index (χ1n) is 8.76. The van der Waals surface area contributed by atoms with Gasteiger partial charge in [-0.05, 0) is 41.5 Å². The number of nitrogens with zero attached hydrogens (tertiary/aromatic N) is 4. The maximum atomic E-state index is 12.5. The topological polar surface area (TPSA) is 86.8 Å². The van der Waals surface area contributed by atoms with Gasteiger partial charge in [0.1, 0.15) is 5.69 Å². The molecule has 0 radical (unpaired) electrons. The Hall–Kier alpha value is -3.45. The number of urea groups is 1. The van der Waals surface area contributed by atoms with Crippen molar-refractivity contribution in [1.29, 1.82) is 0 Å². The number of rotatable bonds is 3. The molecule has 138 valence electrons. The Balaban J connectivity index is 1.51. The highest BCUT2D eigenvalue weighted by atomic mass is 35.5. The maximum absolute atomic E-state index is 12.5. The average molecular weight is 391 g/mol. The van der Waals surface area contributed by atoms with E-state index in [2.05, 4.69) is 31.8 Å². The minimum atomic E-state index is -0.134. The van der Waals surface area contributed by atoms with Gasteiger partial charge in [0.05, 0.1) is 17.9 Å². The zero-order valence-electron chi connectivity index (χ0n) is 14.7. The van der Waals surface area contributed by atoms with E-state index in [9.17, 15) is 4.79 Å². The number of benzene rings is 2. The molecule has 8 heteroatoms. The van der Waals surface area contributed by atoms with E-state index >= 15 is 0 Å². The standard InChI is InChI=1S/C20H15ClN6O/c21-15-3-1-2-12(6-15)10-27-11-14-7-16-18(8-17(14)24-20(27)28)25-26-19(16)13-4-5-22-23-9-13/h1-9H,10-11H2,(H,24,28)(H,25,26). The molecule has 0 bridgehead atoms. The summed E-state index contributed by atoms with van der Waals surface area (Å²) in [5.74, 6) is 0. The van der Waals surface area contributed by atoms with Crippen molar-refractivity contribution in [2.45, 2.75) is 13.1 Å². The fraction of sp³-hybridized carbons (Fsp3) is 0.100. The van der Waals surface area contributed by atoms with Crippen LogP contribution in [-0.2, 0) is 13.1 Å². The van der Waals surface area contributed by atoms with Gasteiger partial charge in [-0.3, -0.25) is 5.10 Å². The molecule has 0 saturated heterocycles. The molecule has 1 aliphatic rings. The van der Waals surface area contributed by atoms with E-state index in [1.54, 1.807) is 17.3 Å². The van der Waals surface area contributed by atoms with Gasteiger partial charge in [0.25, 0.3) is 0 Å². The number of carbonyl (C=O) groups excluding carboxylic acids is 1. The molecule has 0 fully saturated rings. The zero-order chi connectivity index (χ0) is 19.1. The van der Waals surface area contributed by atoms with Crippen molar-refractivity contribution in [2.24, 2.45) is 0 Å². The predicted octanol–water partition coefficient (Wildman–Crippen LogP) is 4.22. The van der Waals surface area contributed by atoms with Crippen LogP contribution in [0.5, 0.6) is 0 Å². The molecule has 5 rings (SSSR count). The van der Waals surface area contributed by atoms with Crippen LogP contribution in [0.4, 0.5) is 10.5 Å². The third-order valence-electron chi connectivity index (χ3n) is 4.80. The van der Waals surface area contributed by atoms with Crippen molar-refractivity contribution in [3.63, 3.8) is 0 Å². The molecule has 0 saturated carbocycles. The van der Waals surface area contributed by atoms with E-state index in [4.69, 9.17) is 11.6 Å². The number of amides is 2. The van der Waals surface area contributed by atoms with Crippen LogP contribution < -0.4 is 5.32 Å². The molecular weight excluding hydrogens is 376 g/mol. The second-order valence-electron chi connectivity index (χ2n) is 6.67. The molecule has 0 unspecified atom stereocenters. The Bertz CT molecular complexity index is 1190. The summed E-state index contributed by atoms with van der Waals surface area (Å²) in [7, 11) is 0. The molecule has 3 heterocycles. The first kappa shape index (κ1) is 16.7. The Morgan fingerprint density at radius 1 is 1.14 bits per heavy atom. The summed E-state index contributed by atoms with van der Waals surface area (Å²) >= 11 is 6.07. The van der Waals surface area contributed by atoms with Gasteiger partial charge in [-0.25, -0.2) is 4.79 Å². The number of hydrogen-bond donors (Lipinski definition) is 2. The summed E-state index contributed by atoms with van der Waals surface area (Å²) in [6.45, 7) is 0.985. The van der Waals surface area contributed by atoms with Crippen molar-refractivity contribution >= 4 is 34.2 Å². The summed E-state index contributed by atoms with van der Waals surface area (Å²) in [6.07, 6.45) is 3.32. The Morgan fingerprint density at radius 3 is 2.89 bits per heavy atom. The molecule has 0 spiro atoms. The molecular formula is C20H15ClN6O. The maximum Gasteiger partial charge on any atom is 0.322 e. The average Bonchev–Trinajstić information content (AvgIpc) is 3.10. The number of hydrogen-bond acceptors (Lipinski definition) is 4. The molecule has 28 heavy (non-hydrogen) atoms. The number of halogens is 1. The van der Waals surface area contributed by atoms with Crippen LogP contribution in [-0.4, -0.2) is 31.3 Å². The number of aromatic amines is 1. The fourth-order valence-electron chi connectivity index (χ4n) is 3.46. The fourth-order valence-corrected chi connectivity index (χ4v) is 3.68. The minimum absolute atomic E-state index is 0.134. The number of nitrogens with one attached hydrogen (secondary N) is 2. The van der Waals surface area contributed by atoms with Crippen molar-refractivity contribution in [1.82, 2.24) is 25.3 Å². The summed E-state index contributed by atoms with van der Waals surface area (Å²) in [6, 6.07) is 13.3. The van der Waals surface area contributed by atoms with E-state index in [0.29, 0.717) is 18.1 Å². The molecule has 4 aromatic rings. The lowest BCUT2D eigenvalue weighted by Crippen LogP contribution is -2.38. The Morgan fingerprint density at radius 2 is 2.07 bits per heavy atom. The molecule has 7 nitrogen and oxygen atoms in total. The van der Waals surface area contributed by atoms with Gasteiger partial charge in [0, 0.05) is 34.7 Å². The van der Waals surface area contributed by atoms with Crippen molar-refractivity contribution in [3.05, 3.63) is 71.0 Å². The number of carbonyl (C=O) groups is 1. The van der Waals surface area contributed by atoms with E-state index < -0.39 is 0 Å². The number of aromatic nitrogens is 4. The number of H-pyrrole nitrogens is 1. The highest BCUT2D eigenvalue weighted by molar-refractivity contribution is 6.30. The van der Waals surface area contributed by atoms with Crippen LogP contribution in [0, 0.1) is 0 Å². The van der Waals surface area contributed by atoms with Gasteiger partial charge >= 0.3 is 6.03 Å². The van der Waals surface area contributed by atoms with Gasteiger partial charge in [0.2, 0.25) is 0 Å². The van der Waals surface area contributed by atoms with E-state index in [1.807, 2.05) is 36.4 Å². The molecule has 2 N–H and O–H groups in total. The van der Waals surface area contributed by atoms with Crippen LogP contribution in [0.25, 0.3) is 22.2 Å². The quantitative estimate of drug-likeness (QED) is 0.548. The van der Waals surface area contributed by atoms with Crippen LogP contribution >= 0.6 is 11.6 Å². The van der Waals surface area contributed by atoms with Crippen molar-refractivity contribution in [3.8, 4) is 11.3 Å². The van der Waals surface area contributed by atoms with Gasteiger partial charge < -0.3 is 10.2 Å². The third-order valence-corrected chi connectivity index (χ3v) is 5.03. The van der Waals surface area contributed by atoms with Gasteiger partial charge in [-0.2, -0.15) is 15.3 Å². The highest BCUT2D eigenvalue weighted by Gasteiger charge is 2.24. The molecule has 0 aliphatic carbocycles. The summed E-state index contributed by atoms with van der Waals surface area (Å²) in [4.78, 5) is 14.3. The van der Waals surface area contributed by atoms with Crippen molar-refractivity contribution < 1.29 is 4.79 Å². The second kappa shape index (κ2) is 6.61. The lowest BCUT2D eigenvalue weighted by Gasteiger charge is -2.29. The zero-order valence-corrected chi connectivity index (χ0v) is 15.4. The smallest absolute Gasteiger partial charge is 0.316 e. The van der Waals surface area contributed by atoms with Crippen molar-refractivity contribution in [2.75, 3.05) is 5.32 Å². The number of anilines is 1. The largest absolute Gasteiger partial charge is 0.322 e. The molecule has 2 amide bonds.